The molecule has 48 heavy (non-hydrogen) atoms. The third kappa shape index (κ3) is 5.09. The molecule has 0 amide bonds. The van der Waals surface area contributed by atoms with Crippen molar-refractivity contribution < 1.29 is 17.4 Å². The zero-order valence-electron chi connectivity index (χ0n) is 27.9. The topological polar surface area (TPSA) is 0 Å². The van der Waals surface area contributed by atoms with Gasteiger partial charge in [-0.15, -0.1) is 24.8 Å². The summed E-state index contributed by atoms with van der Waals surface area (Å²) in [5.74, 6) is 0. The van der Waals surface area contributed by atoms with Crippen LogP contribution in [0.25, 0.3) is 0 Å². The van der Waals surface area contributed by atoms with Crippen molar-refractivity contribution in [2.45, 2.75) is 39.0 Å². The maximum atomic E-state index is 2.67. The van der Waals surface area contributed by atoms with E-state index in [1.165, 1.54) is 21.8 Å². The first-order valence-electron chi connectivity index (χ1n) is 16.5. The number of allylic oxidation sites excluding steroid dienone is 12. The fourth-order valence-electron chi connectivity index (χ4n) is 9.07. The molecule has 0 N–H and O–H groups in total. The minimum absolute atomic E-state index is 0. The number of hydrogen-bond acceptors (Lipinski definition) is 0. The fraction of sp³-hybridized carbons (Fsp3) is 0.143. The summed E-state index contributed by atoms with van der Waals surface area (Å²) in [6, 6.07) is 46.1. The molecule has 6 heteroatoms. The number of fused-ring (bicyclic) bond motifs is 2. The van der Waals surface area contributed by atoms with Crippen molar-refractivity contribution in [1.82, 2.24) is 0 Å². The van der Waals surface area contributed by atoms with Crippen LogP contribution in [0.15, 0.2) is 185 Å². The second kappa shape index (κ2) is 13.5. The summed E-state index contributed by atoms with van der Waals surface area (Å²) in [6.45, 7) is 12.2. The van der Waals surface area contributed by atoms with Crippen LogP contribution in [0.2, 0.25) is 0 Å². The summed E-state index contributed by atoms with van der Waals surface area (Å²) >= 11 is -4.67. The standard InChI is InChI=1S/2C15H14P.2C6H5.2ClH.H2Si.Zr/c2*1-11-8-13-10-12(2)16(15(13)9-11)14-6-4-3-5-7-14;2*1-2-4-6-5-3-1;;;;/h2*3-7,9-10,12H,1-2H3;2*1-5H;2*1H;1H2;. The van der Waals surface area contributed by atoms with Crippen molar-refractivity contribution in [3.05, 3.63) is 185 Å². The van der Waals surface area contributed by atoms with Gasteiger partial charge in [-0.05, 0) is 0 Å². The van der Waals surface area contributed by atoms with Crippen LogP contribution in [-0.2, 0) is 17.4 Å². The molecule has 0 nitrogen and oxygen atoms in total. The molecule has 4 unspecified atom stereocenters. The van der Waals surface area contributed by atoms with Gasteiger partial charge in [-0.2, -0.15) is 0 Å². The number of benzene rings is 4. The van der Waals surface area contributed by atoms with Crippen LogP contribution in [-0.4, -0.2) is 18.2 Å². The Morgan fingerprint density at radius 3 is 1.15 bits per heavy atom. The van der Waals surface area contributed by atoms with Gasteiger partial charge in [0.2, 0.25) is 0 Å². The molecule has 0 saturated carbocycles. The zero-order chi connectivity index (χ0) is 31.7. The Bertz CT molecular complexity index is 1990. The molecule has 2 aliphatic carbocycles. The van der Waals surface area contributed by atoms with E-state index in [0.29, 0.717) is 11.3 Å². The fourth-order valence-corrected chi connectivity index (χ4v) is 40.9. The van der Waals surface area contributed by atoms with E-state index in [0.717, 1.165) is 0 Å². The van der Waals surface area contributed by atoms with Gasteiger partial charge in [0.05, 0.1) is 0 Å². The Morgan fingerprint density at radius 2 is 0.812 bits per heavy atom. The summed E-state index contributed by atoms with van der Waals surface area (Å²) in [6.07, 6.45) is 10.6. The molecule has 2 aliphatic heterocycles. The first-order chi connectivity index (χ1) is 22.3. The normalized spacial score (nSPS) is 23.0. The Morgan fingerprint density at radius 1 is 0.500 bits per heavy atom. The van der Waals surface area contributed by atoms with E-state index in [4.69, 9.17) is 0 Å². The van der Waals surface area contributed by atoms with Crippen LogP contribution in [0, 0.1) is 0 Å². The third-order valence-corrected chi connectivity index (χ3v) is 41.7. The first kappa shape index (κ1) is 35.7. The van der Waals surface area contributed by atoms with Crippen molar-refractivity contribution in [2.75, 3.05) is 0 Å². The minimum Gasteiger partial charge on any atom is -0.147 e. The predicted molar refractivity (Wildman–Crippen MR) is 218 cm³/mol. The molecule has 0 fully saturated rings. The molecule has 4 atom stereocenters. The van der Waals surface area contributed by atoms with Gasteiger partial charge in [0, 0.05) is 0 Å². The second-order valence-corrected chi connectivity index (χ2v) is 39.3. The van der Waals surface area contributed by atoms with E-state index >= 15 is 0 Å². The second-order valence-electron chi connectivity index (χ2n) is 13.4. The minimum atomic E-state index is -4.67. The zero-order valence-corrected chi connectivity index (χ0v) is 35.2. The predicted octanol–water partition coefficient (Wildman–Crippen LogP) is 9.33. The van der Waals surface area contributed by atoms with Crippen LogP contribution >= 0.6 is 40.7 Å². The number of rotatable bonds is 6. The number of halogens is 2. The molecule has 4 aliphatic rings. The molecular formula is C42H42Cl2P2SiZr. The van der Waals surface area contributed by atoms with Crippen LogP contribution in [0.5, 0.6) is 0 Å². The molecule has 2 heterocycles. The van der Waals surface area contributed by atoms with E-state index in [1.807, 2.05) is 0 Å². The van der Waals surface area contributed by atoms with Crippen molar-refractivity contribution in [3.8, 4) is 0 Å². The maximum absolute atomic E-state index is 4.67. The first-order valence-corrected chi connectivity index (χ1v) is 30.1. The van der Waals surface area contributed by atoms with E-state index in [1.54, 1.807) is 34.9 Å². The Labute approximate surface area is 303 Å². The van der Waals surface area contributed by atoms with Crippen LogP contribution in [0.4, 0.5) is 0 Å². The molecule has 0 aromatic heterocycles. The summed E-state index contributed by atoms with van der Waals surface area (Å²) in [5.41, 5.74) is 7.09. The van der Waals surface area contributed by atoms with E-state index in [2.05, 4.69) is 180 Å². The van der Waals surface area contributed by atoms with E-state index in [9.17, 15) is 0 Å². The molecule has 4 aromatic carbocycles. The van der Waals surface area contributed by atoms with Crippen LogP contribution in [0.3, 0.4) is 0 Å². The monoisotopic (exact) mass is 796 g/mol. The van der Waals surface area contributed by atoms with Crippen LogP contribution < -0.4 is 17.2 Å². The Balaban J connectivity index is 0.00000201. The average molecular weight is 799 g/mol. The molecule has 0 spiro atoms. The van der Waals surface area contributed by atoms with Crippen molar-refractivity contribution in [1.29, 1.82) is 0 Å². The largest absolute Gasteiger partial charge is 0.147 e. The average Bonchev–Trinajstić information content (AvgIpc) is 3.78. The third-order valence-electron chi connectivity index (χ3n) is 10.7. The van der Waals surface area contributed by atoms with Gasteiger partial charge in [-0.1, -0.05) is 0 Å². The van der Waals surface area contributed by atoms with E-state index < -0.39 is 33.2 Å². The van der Waals surface area contributed by atoms with Crippen LogP contribution in [0.1, 0.15) is 27.7 Å². The maximum Gasteiger partial charge on any atom is -0.147 e. The molecule has 242 valence electrons. The van der Waals surface area contributed by atoms with Gasteiger partial charge >= 0.3 is 281 Å². The number of hydrogen-bond donors (Lipinski definition) is 0. The summed E-state index contributed by atoms with van der Waals surface area (Å²) in [5, 5.41) is 6.16. The van der Waals surface area contributed by atoms with Crippen molar-refractivity contribution >= 4 is 64.7 Å². The van der Waals surface area contributed by atoms with Crippen molar-refractivity contribution in [3.63, 3.8) is 0 Å². The smallest absolute Gasteiger partial charge is 0.147 e. The molecule has 0 radical (unpaired) electrons. The van der Waals surface area contributed by atoms with Gasteiger partial charge in [0.15, 0.2) is 0 Å². The molecule has 0 saturated heterocycles. The Kier molecular flexibility index (Phi) is 10.1. The van der Waals surface area contributed by atoms with E-state index in [-0.39, 0.29) is 24.8 Å². The SMILES string of the molecule is CC1=[C]([Zr](=[SiH2])([C]2=C(C)C=C3C2=CC(C)P3c2ccccc2)([c]2ccccc2)[c]2ccccc2)C2=CC(C)P(c3ccccc3)C2=C1.Cl.Cl. The van der Waals surface area contributed by atoms with Gasteiger partial charge in [-0.25, -0.2) is 0 Å². The van der Waals surface area contributed by atoms with Gasteiger partial charge in [-0.3, -0.25) is 0 Å². The summed E-state index contributed by atoms with van der Waals surface area (Å²) in [7, 11) is -0.917. The summed E-state index contributed by atoms with van der Waals surface area (Å²) in [4.78, 5) is 0. The summed E-state index contributed by atoms with van der Waals surface area (Å²) < 4.78 is 6.45. The van der Waals surface area contributed by atoms with Gasteiger partial charge in [0.25, 0.3) is 0 Å². The quantitative estimate of drug-likeness (QED) is 0.135. The molecule has 8 rings (SSSR count). The molecule has 4 aromatic rings. The van der Waals surface area contributed by atoms with Crippen molar-refractivity contribution in [2.24, 2.45) is 0 Å². The van der Waals surface area contributed by atoms with Gasteiger partial charge < -0.3 is 0 Å². The Hall–Kier alpha value is -2.14. The molecule has 0 bridgehead atoms. The van der Waals surface area contributed by atoms with Gasteiger partial charge in [0.1, 0.15) is 0 Å². The molecular weight excluding hydrogens is 757 g/mol.